The molecular formula is C13H16BrClN2OS. The maximum Gasteiger partial charge on any atom is 0.261 e. The van der Waals surface area contributed by atoms with Gasteiger partial charge in [0.15, 0.2) is 0 Å². The first-order valence-corrected chi connectivity index (χ1v) is 8.54. The maximum absolute atomic E-state index is 12.3. The van der Waals surface area contributed by atoms with Gasteiger partial charge in [-0.25, -0.2) is 0 Å². The third-order valence-corrected chi connectivity index (χ3v) is 6.82. The number of rotatable bonds is 2. The third kappa shape index (κ3) is 2.58. The Morgan fingerprint density at radius 2 is 2.21 bits per heavy atom. The SMILES string of the molecule is CC1C(NC(=O)c2cc(Br)c(Cl)s2)C2CCN1CC2. The standard InChI is InChI=1S/C13H16BrClN2OS/c1-7-11(8-2-4-17(7)5-3-8)16-13(18)10-6-9(14)12(15)19-10/h6-8,11H,2-5H2,1H3,(H,16,18). The van der Waals surface area contributed by atoms with E-state index in [0.29, 0.717) is 21.2 Å². The highest BCUT2D eigenvalue weighted by Gasteiger charge is 2.40. The van der Waals surface area contributed by atoms with Gasteiger partial charge in [0.2, 0.25) is 0 Å². The van der Waals surface area contributed by atoms with Gasteiger partial charge in [-0.05, 0) is 60.8 Å². The van der Waals surface area contributed by atoms with Gasteiger partial charge in [-0.2, -0.15) is 0 Å². The molecule has 2 atom stereocenters. The van der Waals surface area contributed by atoms with Gasteiger partial charge < -0.3 is 5.32 Å². The number of nitrogens with zero attached hydrogens (tertiary/aromatic N) is 1. The van der Waals surface area contributed by atoms with Crippen LogP contribution < -0.4 is 5.32 Å². The maximum atomic E-state index is 12.3. The van der Waals surface area contributed by atoms with Crippen molar-refractivity contribution in [2.75, 3.05) is 13.1 Å². The van der Waals surface area contributed by atoms with Crippen LogP contribution in [0.5, 0.6) is 0 Å². The van der Waals surface area contributed by atoms with E-state index in [-0.39, 0.29) is 11.9 Å². The minimum absolute atomic E-state index is 0.00296. The highest BCUT2D eigenvalue weighted by molar-refractivity contribution is 9.10. The Morgan fingerprint density at radius 3 is 2.74 bits per heavy atom. The fraction of sp³-hybridized carbons (Fsp3) is 0.615. The third-order valence-electron chi connectivity index (χ3n) is 4.34. The molecule has 0 radical (unpaired) electrons. The molecule has 4 heterocycles. The lowest BCUT2D eigenvalue weighted by atomic mass is 9.79. The number of thiophene rings is 1. The number of hydrogen-bond donors (Lipinski definition) is 1. The van der Waals surface area contributed by atoms with Gasteiger partial charge in [0.25, 0.3) is 5.91 Å². The molecule has 4 rings (SSSR count). The van der Waals surface area contributed by atoms with Crippen molar-refractivity contribution in [3.8, 4) is 0 Å². The van der Waals surface area contributed by atoms with Crippen LogP contribution in [0.2, 0.25) is 4.34 Å². The van der Waals surface area contributed by atoms with Gasteiger partial charge in [0.1, 0.15) is 4.34 Å². The van der Waals surface area contributed by atoms with Crippen molar-refractivity contribution in [1.29, 1.82) is 0 Å². The van der Waals surface area contributed by atoms with Gasteiger partial charge in [-0.3, -0.25) is 9.69 Å². The lowest BCUT2D eigenvalue weighted by molar-refractivity contribution is 0.0218. The van der Waals surface area contributed by atoms with Gasteiger partial charge in [0, 0.05) is 16.6 Å². The van der Waals surface area contributed by atoms with Crippen molar-refractivity contribution in [3.05, 3.63) is 19.8 Å². The molecule has 1 N–H and O–H groups in total. The fourth-order valence-electron chi connectivity index (χ4n) is 3.23. The summed E-state index contributed by atoms with van der Waals surface area (Å²) < 4.78 is 1.43. The minimum Gasteiger partial charge on any atom is -0.347 e. The molecule has 3 aliphatic rings. The molecule has 2 unspecified atom stereocenters. The topological polar surface area (TPSA) is 32.3 Å². The van der Waals surface area contributed by atoms with Crippen molar-refractivity contribution in [3.63, 3.8) is 0 Å². The number of halogens is 2. The quantitative estimate of drug-likeness (QED) is 0.873. The summed E-state index contributed by atoms with van der Waals surface area (Å²) in [7, 11) is 0. The molecule has 3 saturated heterocycles. The molecule has 1 aromatic heterocycles. The van der Waals surface area contributed by atoms with Crippen molar-refractivity contribution in [2.24, 2.45) is 5.92 Å². The molecule has 104 valence electrons. The van der Waals surface area contributed by atoms with E-state index >= 15 is 0 Å². The molecule has 0 spiro atoms. The number of amides is 1. The van der Waals surface area contributed by atoms with E-state index in [4.69, 9.17) is 11.6 Å². The van der Waals surface area contributed by atoms with E-state index in [2.05, 4.69) is 33.1 Å². The van der Waals surface area contributed by atoms with Crippen LogP contribution in [0, 0.1) is 5.92 Å². The first kappa shape index (κ1) is 13.9. The van der Waals surface area contributed by atoms with Crippen LogP contribution in [0.4, 0.5) is 0 Å². The lowest BCUT2D eigenvalue weighted by Crippen LogP contribution is -2.62. The summed E-state index contributed by atoms with van der Waals surface area (Å²) in [5.74, 6) is 0.631. The molecular weight excluding hydrogens is 348 g/mol. The van der Waals surface area contributed by atoms with Crippen LogP contribution in [0.1, 0.15) is 29.4 Å². The summed E-state index contributed by atoms with van der Waals surface area (Å²) in [5.41, 5.74) is 0. The summed E-state index contributed by atoms with van der Waals surface area (Å²) in [5, 5.41) is 3.21. The monoisotopic (exact) mass is 362 g/mol. The van der Waals surface area contributed by atoms with E-state index in [1.165, 1.54) is 37.3 Å². The van der Waals surface area contributed by atoms with E-state index < -0.39 is 0 Å². The van der Waals surface area contributed by atoms with Gasteiger partial charge in [0.05, 0.1) is 4.88 Å². The fourth-order valence-corrected chi connectivity index (χ4v) is 4.83. The van der Waals surface area contributed by atoms with Crippen LogP contribution >= 0.6 is 38.9 Å². The number of nitrogens with one attached hydrogen (secondary N) is 1. The summed E-state index contributed by atoms with van der Waals surface area (Å²) in [6, 6.07) is 2.51. The molecule has 1 amide bonds. The highest BCUT2D eigenvalue weighted by atomic mass is 79.9. The van der Waals surface area contributed by atoms with Crippen molar-refractivity contribution in [2.45, 2.75) is 31.8 Å². The van der Waals surface area contributed by atoms with E-state index in [0.717, 1.165) is 4.47 Å². The molecule has 3 fully saturated rings. The highest BCUT2D eigenvalue weighted by Crippen LogP contribution is 2.34. The average Bonchev–Trinajstić information content (AvgIpc) is 2.74. The number of carbonyl (C=O) groups excluding carboxylic acids is 1. The van der Waals surface area contributed by atoms with E-state index in [9.17, 15) is 4.79 Å². The predicted molar refractivity (Wildman–Crippen MR) is 82.0 cm³/mol. The lowest BCUT2D eigenvalue weighted by Gasteiger charge is -2.49. The summed E-state index contributed by atoms with van der Waals surface area (Å²) >= 11 is 10.7. The molecule has 1 aromatic rings. The Balaban J connectivity index is 1.72. The predicted octanol–water partition coefficient (Wildman–Crippen LogP) is 3.38. The number of piperidine rings is 3. The summed E-state index contributed by atoms with van der Waals surface area (Å²) in [6.07, 6.45) is 2.40. The largest absolute Gasteiger partial charge is 0.347 e. The molecule has 6 heteroatoms. The Kier molecular flexibility index (Phi) is 3.91. The van der Waals surface area contributed by atoms with Crippen LogP contribution in [0.25, 0.3) is 0 Å². The Morgan fingerprint density at radius 1 is 1.53 bits per heavy atom. The van der Waals surface area contributed by atoms with E-state index in [1.807, 2.05) is 0 Å². The number of hydrogen-bond acceptors (Lipinski definition) is 3. The van der Waals surface area contributed by atoms with E-state index in [1.54, 1.807) is 6.07 Å². The molecule has 0 saturated carbocycles. The van der Waals surface area contributed by atoms with Crippen LogP contribution in [-0.4, -0.2) is 36.0 Å². The second-order valence-corrected chi connectivity index (χ2v) is 7.85. The molecule has 19 heavy (non-hydrogen) atoms. The smallest absolute Gasteiger partial charge is 0.261 e. The first-order chi connectivity index (χ1) is 9.06. The minimum atomic E-state index is 0.00296. The normalized spacial score (nSPS) is 33.4. The van der Waals surface area contributed by atoms with Crippen molar-refractivity contribution < 1.29 is 4.79 Å². The Labute approximate surface area is 130 Å². The first-order valence-electron chi connectivity index (χ1n) is 6.56. The second kappa shape index (κ2) is 5.35. The van der Waals surface area contributed by atoms with Crippen molar-refractivity contribution in [1.82, 2.24) is 10.2 Å². The van der Waals surface area contributed by atoms with Gasteiger partial charge in [-0.1, -0.05) is 11.6 Å². The zero-order chi connectivity index (χ0) is 13.6. The Bertz CT molecular complexity index is 477. The van der Waals surface area contributed by atoms with Crippen LogP contribution in [-0.2, 0) is 0 Å². The van der Waals surface area contributed by atoms with Gasteiger partial charge in [-0.15, -0.1) is 11.3 Å². The second-order valence-electron chi connectivity index (χ2n) is 5.35. The van der Waals surface area contributed by atoms with Crippen molar-refractivity contribution >= 4 is 44.8 Å². The summed E-state index contributed by atoms with van der Waals surface area (Å²) in [4.78, 5) is 15.5. The van der Waals surface area contributed by atoms with Crippen LogP contribution in [0.15, 0.2) is 10.5 Å². The Hall–Kier alpha value is -0.100. The molecule has 3 nitrogen and oxygen atoms in total. The number of carbonyl (C=O) groups is 1. The molecule has 0 aromatic carbocycles. The molecule has 0 aliphatic carbocycles. The van der Waals surface area contributed by atoms with Gasteiger partial charge >= 0.3 is 0 Å². The summed E-state index contributed by atoms with van der Waals surface area (Å²) in [6.45, 7) is 4.57. The average molecular weight is 364 g/mol. The zero-order valence-corrected chi connectivity index (χ0v) is 13.8. The van der Waals surface area contributed by atoms with Crippen LogP contribution in [0.3, 0.4) is 0 Å². The number of fused-ring (bicyclic) bond motifs is 3. The molecule has 3 aliphatic heterocycles. The zero-order valence-electron chi connectivity index (χ0n) is 10.7. The molecule has 2 bridgehead atoms.